The lowest BCUT2D eigenvalue weighted by atomic mass is 10.0. The number of allylic oxidation sites excluding steroid dienone is 1. The van der Waals surface area contributed by atoms with Crippen LogP contribution in [0.3, 0.4) is 0 Å². The van der Waals surface area contributed by atoms with E-state index in [0.717, 1.165) is 29.8 Å². The summed E-state index contributed by atoms with van der Waals surface area (Å²) in [6.45, 7) is 8.23. The normalized spacial score (nSPS) is 11.2. The van der Waals surface area contributed by atoms with Crippen LogP contribution in [-0.2, 0) is 0 Å². The highest BCUT2D eigenvalue weighted by molar-refractivity contribution is 5.90. The molecule has 3 heteroatoms. The molecule has 0 N–H and O–H groups in total. The summed E-state index contributed by atoms with van der Waals surface area (Å²) in [7, 11) is 0. The molecule has 0 aromatic heterocycles. The SMILES string of the molecule is CCN(CC)c1ccc(/C=C(\C#N)c2ccc(F)cc2)c(C)c1. The fraction of sp³-hybridized carbons (Fsp3) is 0.250. The third-order valence-corrected chi connectivity index (χ3v) is 3.96. The summed E-state index contributed by atoms with van der Waals surface area (Å²) in [4.78, 5) is 2.28. The van der Waals surface area contributed by atoms with Crippen LogP contribution in [0.2, 0.25) is 0 Å². The van der Waals surface area contributed by atoms with Crippen molar-refractivity contribution in [2.24, 2.45) is 0 Å². The first kappa shape index (κ1) is 16.8. The van der Waals surface area contributed by atoms with Gasteiger partial charge in [0.15, 0.2) is 0 Å². The minimum Gasteiger partial charge on any atom is -0.372 e. The lowest BCUT2D eigenvalue weighted by Crippen LogP contribution is -2.21. The molecule has 2 aromatic carbocycles. The highest BCUT2D eigenvalue weighted by atomic mass is 19.1. The molecule has 0 radical (unpaired) electrons. The zero-order chi connectivity index (χ0) is 16.8. The van der Waals surface area contributed by atoms with Crippen LogP contribution in [0.25, 0.3) is 11.6 Å². The van der Waals surface area contributed by atoms with Gasteiger partial charge < -0.3 is 4.90 Å². The Kier molecular flexibility index (Phi) is 5.54. The van der Waals surface area contributed by atoms with Gasteiger partial charge in [-0.25, -0.2) is 4.39 Å². The van der Waals surface area contributed by atoms with E-state index in [2.05, 4.69) is 36.9 Å². The zero-order valence-electron chi connectivity index (χ0n) is 13.8. The quantitative estimate of drug-likeness (QED) is 0.571. The molecule has 0 aliphatic heterocycles. The fourth-order valence-electron chi connectivity index (χ4n) is 2.57. The van der Waals surface area contributed by atoms with Crippen LogP contribution in [0.1, 0.15) is 30.5 Å². The molecular formula is C20H21FN2. The van der Waals surface area contributed by atoms with Gasteiger partial charge in [0, 0.05) is 18.8 Å². The van der Waals surface area contributed by atoms with Gasteiger partial charge in [0.25, 0.3) is 0 Å². The van der Waals surface area contributed by atoms with Crippen LogP contribution >= 0.6 is 0 Å². The molecule has 2 aromatic rings. The summed E-state index contributed by atoms with van der Waals surface area (Å²) in [5.41, 5.74) is 4.56. The maximum absolute atomic E-state index is 13.0. The smallest absolute Gasteiger partial charge is 0.123 e. The fourth-order valence-corrected chi connectivity index (χ4v) is 2.57. The highest BCUT2D eigenvalue weighted by Gasteiger charge is 2.06. The number of nitrogens with zero attached hydrogens (tertiary/aromatic N) is 2. The van der Waals surface area contributed by atoms with E-state index in [9.17, 15) is 9.65 Å². The highest BCUT2D eigenvalue weighted by Crippen LogP contribution is 2.24. The van der Waals surface area contributed by atoms with E-state index < -0.39 is 0 Å². The summed E-state index contributed by atoms with van der Waals surface area (Å²) in [6, 6.07) is 14.4. The number of halogens is 1. The second-order valence-corrected chi connectivity index (χ2v) is 5.39. The van der Waals surface area contributed by atoms with Gasteiger partial charge in [-0.15, -0.1) is 0 Å². The Morgan fingerprint density at radius 3 is 2.30 bits per heavy atom. The predicted molar refractivity (Wildman–Crippen MR) is 94.6 cm³/mol. The molecule has 0 spiro atoms. The van der Waals surface area contributed by atoms with Crippen LogP contribution in [0.4, 0.5) is 10.1 Å². The Morgan fingerprint density at radius 2 is 1.78 bits per heavy atom. The Balaban J connectivity index is 2.37. The second-order valence-electron chi connectivity index (χ2n) is 5.39. The third-order valence-electron chi connectivity index (χ3n) is 3.96. The molecule has 0 aliphatic carbocycles. The molecule has 0 aliphatic rings. The van der Waals surface area contributed by atoms with Crippen molar-refractivity contribution in [1.82, 2.24) is 0 Å². The number of hydrogen-bond donors (Lipinski definition) is 0. The molecule has 2 rings (SSSR count). The number of aryl methyl sites for hydroxylation is 1. The summed E-state index contributed by atoms with van der Waals surface area (Å²) in [6.07, 6.45) is 1.86. The molecule has 23 heavy (non-hydrogen) atoms. The van der Waals surface area contributed by atoms with Crippen molar-refractivity contribution >= 4 is 17.3 Å². The molecule has 0 amide bonds. The van der Waals surface area contributed by atoms with Gasteiger partial charge in [-0.3, -0.25) is 0 Å². The monoisotopic (exact) mass is 308 g/mol. The van der Waals surface area contributed by atoms with Crippen molar-refractivity contribution in [1.29, 1.82) is 5.26 Å². The Bertz CT molecular complexity index is 735. The minimum atomic E-state index is -0.300. The Hall–Kier alpha value is -2.60. The van der Waals surface area contributed by atoms with Crippen LogP contribution in [-0.4, -0.2) is 13.1 Å². The molecule has 0 bridgehead atoms. The van der Waals surface area contributed by atoms with Gasteiger partial charge in [0.1, 0.15) is 5.82 Å². The summed E-state index contributed by atoms with van der Waals surface area (Å²) < 4.78 is 13.0. The molecule has 0 unspecified atom stereocenters. The molecule has 0 saturated carbocycles. The molecule has 0 heterocycles. The maximum atomic E-state index is 13.0. The first-order valence-electron chi connectivity index (χ1n) is 7.82. The lowest BCUT2D eigenvalue weighted by molar-refractivity contribution is 0.627. The van der Waals surface area contributed by atoms with Crippen molar-refractivity contribution in [3.8, 4) is 6.07 Å². The van der Waals surface area contributed by atoms with Gasteiger partial charge in [0.05, 0.1) is 11.6 Å². The molecule has 2 nitrogen and oxygen atoms in total. The summed E-state index contributed by atoms with van der Waals surface area (Å²) in [5, 5.41) is 9.40. The molecule has 0 fully saturated rings. The lowest BCUT2D eigenvalue weighted by Gasteiger charge is -2.21. The van der Waals surface area contributed by atoms with Crippen molar-refractivity contribution in [3.05, 3.63) is 65.0 Å². The van der Waals surface area contributed by atoms with E-state index >= 15 is 0 Å². The molecule has 0 atom stereocenters. The number of hydrogen-bond acceptors (Lipinski definition) is 2. The van der Waals surface area contributed by atoms with E-state index in [1.165, 1.54) is 17.8 Å². The summed E-state index contributed by atoms with van der Waals surface area (Å²) >= 11 is 0. The van der Waals surface area contributed by atoms with Crippen molar-refractivity contribution in [2.75, 3.05) is 18.0 Å². The second kappa shape index (κ2) is 7.60. The van der Waals surface area contributed by atoms with Crippen molar-refractivity contribution < 1.29 is 4.39 Å². The van der Waals surface area contributed by atoms with Crippen molar-refractivity contribution in [2.45, 2.75) is 20.8 Å². The largest absolute Gasteiger partial charge is 0.372 e. The molecule has 118 valence electrons. The first-order valence-corrected chi connectivity index (χ1v) is 7.82. The van der Waals surface area contributed by atoms with E-state index in [1.54, 1.807) is 12.1 Å². The van der Waals surface area contributed by atoms with Gasteiger partial charge >= 0.3 is 0 Å². The standard InChI is InChI=1S/C20H21FN2/c1-4-23(5-2)20-11-8-17(15(3)12-20)13-18(14-22)16-6-9-19(21)10-7-16/h6-13H,4-5H2,1-3H3/b18-13+. The summed E-state index contributed by atoms with van der Waals surface area (Å²) in [5.74, 6) is -0.300. The van der Waals surface area contributed by atoms with Crippen LogP contribution in [0, 0.1) is 24.1 Å². The molecule has 0 saturated heterocycles. The van der Waals surface area contributed by atoms with E-state index in [0.29, 0.717) is 5.57 Å². The predicted octanol–water partition coefficient (Wildman–Crippen LogP) is 5.04. The zero-order valence-corrected chi connectivity index (χ0v) is 13.8. The van der Waals surface area contributed by atoms with Crippen molar-refractivity contribution in [3.63, 3.8) is 0 Å². The minimum absolute atomic E-state index is 0.300. The van der Waals surface area contributed by atoms with E-state index in [4.69, 9.17) is 0 Å². The Morgan fingerprint density at radius 1 is 1.13 bits per heavy atom. The van der Waals surface area contributed by atoms with E-state index in [1.807, 2.05) is 19.1 Å². The van der Waals surface area contributed by atoms with Gasteiger partial charge in [-0.05, 0) is 67.8 Å². The number of benzene rings is 2. The topological polar surface area (TPSA) is 27.0 Å². The van der Waals surface area contributed by atoms with Crippen LogP contribution in [0.5, 0.6) is 0 Å². The van der Waals surface area contributed by atoms with Gasteiger partial charge in [-0.2, -0.15) is 5.26 Å². The maximum Gasteiger partial charge on any atom is 0.123 e. The first-order chi connectivity index (χ1) is 11.1. The number of nitriles is 1. The van der Waals surface area contributed by atoms with Gasteiger partial charge in [-0.1, -0.05) is 18.2 Å². The van der Waals surface area contributed by atoms with Crippen LogP contribution < -0.4 is 4.90 Å². The van der Waals surface area contributed by atoms with E-state index in [-0.39, 0.29) is 5.82 Å². The van der Waals surface area contributed by atoms with Gasteiger partial charge in [0.2, 0.25) is 0 Å². The Labute approximate surface area is 137 Å². The van der Waals surface area contributed by atoms with Crippen LogP contribution in [0.15, 0.2) is 42.5 Å². The molecular weight excluding hydrogens is 287 g/mol. The average Bonchev–Trinajstić information content (AvgIpc) is 2.56. The number of rotatable bonds is 5. The number of anilines is 1. The third kappa shape index (κ3) is 3.98. The average molecular weight is 308 g/mol.